The van der Waals surface area contributed by atoms with Crippen LogP contribution in [0.25, 0.3) is 0 Å². The van der Waals surface area contributed by atoms with Crippen LogP contribution in [0.1, 0.15) is 18.4 Å². The molecule has 0 aliphatic rings. The lowest BCUT2D eigenvalue weighted by Crippen LogP contribution is -2.34. The lowest BCUT2D eigenvalue weighted by molar-refractivity contribution is -0.116. The van der Waals surface area contributed by atoms with E-state index in [1.54, 1.807) is 36.4 Å². The van der Waals surface area contributed by atoms with Gasteiger partial charge in [-0.05, 0) is 48.9 Å². The number of nitrogens with one attached hydrogen (secondary N) is 1. The molecule has 1 aromatic heterocycles. The molecular weight excluding hydrogens is 460 g/mol. The molecule has 31 heavy (non-hydrogen) atoms. The minimum absolute atomic E-state index is 0.0351. The fourth-order valence-corrected chi connectivity index (χ4v) is 5.19. The molecule has 0 radical (unpaired) electrons. The van der Waals surface area contributed by atoms with Crippen molar-refractivity contribution in [1.29, 1.82) is 0 Å². The molecule has 1 N–H and O–H groups in total. The number of rotatable bonds is 9. The summed E-state index contributed by atoms with van der Waals surface area (Å²) in [7, 11) is -2.44. The largest absolute Gasteiger partial charge is 0.497 e. The topological polar surface area (TPSA) is 101 Å². The molecule has 0 saturated heterocycles. The first kappa shape index (κ1) is 23.0. The highest BCUT2D eigenvalue weighted by molar-refractivity contribution is 7.92. The minimum atomic E-state index is -3.96. The van der Waals surface area contributed by atoms with Crippen molar-refractivity contribution in [3.63, 3.8) is 0 Å². The summed E-state index contributed by atoms with van der Waals surface area (Å²) in [6.07, 6.45) is 0.642. The predicted molar refractivity (Wildman–Crippen MR) is 122 cm³/mol. The van der Waals surface area contributed by atoms with Crippen LogP contribution in [0.2, 0.25) is 5.02 Å². The van der Waals surface area contributed by atoms with Gasteiger partial charge in [0, 0.05) is 18.0 Å². The van der Waals surface area contributed by atoms with Crippen LogP contribution in [-0.2, 0) is 21.2 Å². The van der Waals surface area contributed by atoms with Crippen LogP contribution in [0.3, 0.4) is 0 Å². The van der Waals surface area contributed by atoms with E-state index in [0.29, 0.717) is 21.6 Å². The average Bonchev–Trinajstić information content (AvgIpc) is 3.21. The first-order chi connectivity index (χ1) is 14.8. The highest BCUT2D eigenvalue weighted by atomic mass is 35.5. The Labute approximate surface area is 189 Å². The van der Waals surface area contributed by atoms with Gasteiger partial charge in [0.25, 0.3) is 10.0 Å². The second-order valence-corrected chi connectivity index (χ2v) is 9.75. The van der Waals surface area contributed by atoms with Crippen molar-refractivity contribution >= 4 is 49.7 Å². The summed E-state index contributed by atoms with van der Waals surface area (Å²) >= 11 is 7.28. The van der Waals surface area contributed by atoms with Crippen LogP contribution >= 0.6 is 22.9 Å². The number of carbonyl (C=O) groups excluding carboxylic acids is 1. The quantitative estimate of drug-likeness (QED) is 0.497. The molecule has 0 aliphatic heterocycles. The Kier molecular flexibility index (Phi) is 7.47. The number of aromatic nitrogens is 2. The van der Waals surface area contributed by atoms with Gasteiger partial charge in [0.15, 0.2) is 0 Å². The zero-order chi connectivity index (χ0) is 22.4. The van der Waals surface area contributed by atoms with E-state index in [4.69, 9.17) is 16.3 Å². The number of aryl methyl sites for hydroxylation is 1. The Hall–Kier alpha value is -2.69. The third-order valence-electron chi connectivity index (χ3n) is 4.30. The second kappa shape index (κ2) is 10.1. The lowest BCUT2D eigenvalue weighted by atomic mass is 10.3. The van der Waals surface area contributed by atoms with Gasteiger partial charge in [-0.2, -0.15) is 0 Å². The SMILES string of the molecule is CCc1nnc(NC(=O)CCN(c2ccc(OC)cc2)S(=O)(=O)c2cccc(Cl)c2)s1. The zero-order valence-corrected chi connectivity index (χ0v) is 19.3. The van der Waals surface area contributed by atoms with Gasteiger partial charge in [-0.1, -0.05) is 35.9 Å². The molecule has 0 bridgehead atoms. The Bertz CT molecular complexity index is 1150. The fourth-order valence-electron chi connectivity index (χ4n) is 2.72. The van der Waals surface area contributed by atoms with E-state index in [-0.39, 0.29) is 23.8 Å². The smallest absolute Gasteiger partial charge is 0.264 e. The molecule has 0 atom stereocenters. The van der Waals surface area contributed by atoms with Crippen molar-refractivity contribution in [2.75, 3.05) is 23.3 Å². The van der Waals surface area contributed by atoms with Crippen LogP contribution in [0.15, 0.2) is 53.4 Å². The normalized spacial score (nSPS) is 11.2. The summed E-state index contributed by atoms with van der Waals surface area (Å²) in [6.45, 7) is 1.87. The van der Waals surface area contributed by atoms with Gasteiger partial charge >= 0.3 is 0 Å². The Morgan fingerprint density at radius 1 is 1.19 bits per heavy atom. The molecule has 2 aromatic carbocycles. The number of amides is 1. The van der Waals surface area contributed by atoms with E-state index >= 15 is 0 Å². The molecule has 1 heterocycles. The predicted octanol–water partition coefficient (Wildman–Crippen LogP) is 3.99. The van der Waals surface area contributed by atoms with Gasteiger partial charge in [0.05, 0.1) is 17.7 Å². The third-order valence-corrected chi connectivity index (χ3v) is 7.34. The van der Waals surface area contributed by atoms with Crippen LogP contribution < -0.4 is 14.4 Å². The van der Waals surface area contributed by atoms with E-state index in [2.05, 4.69) is 15.5 Å². The average molecular weight is 481 g/mol. The summed E-state index contributed by atoms with van der Waals surface area (Å²) < 4.78 is 33.0. The van der Waals surface area contributed by atoms with Crippen LogP contribution in [-0.4, -0.2) is 38.2 Å². The zero-order valence-electron chi connectivity index (χ0n) is 16.9. The molecule has 164 valence electrons. The van der Waals surface area contributed by atoms with E-state index in [9.17, 15) is 13.2 Å². The molecular formula is C20H21ClN4O4S2. The van der Waals surface area contributed by atoms with Crippen molar-refractivity contribution in [3.05, 3.63) is 58.6 Å². The monoisotopic (exact) mass is 480 g/mol. The first-order valence-corrected chi connectivity index (χ1v) is 12.0. The van der Waals surface area contributed by atoms with E-state index in [1.165, 1.54) is 34.9 Å². The maximum absolute atomic E-state index is 13.3. The standard InChI is InChI=1S/C20H21ClN4O4S2/c1-3-19-23-24-20(30-19)22-18(26)11-12-25(15-7-9-16(29-2)10-8-15)31(27,28)17-6-4-5-14(21)13-17/h4-10,13H,3,11-12H2,1-2H3,(H,22,24,26). The molecule has 3 rings (SSSR count). The number of hydrogen-bond acceptors (Lipinski definition) is 7. The van der Waals surface area contributed by atoms with E-state index < -0.39 is 10.0 Å². The summed E-state index contributed by atoms with van der Waals surface area (Å²) in [5.41, 5.74) is 0.401. The number of methoxy groups -OCH3 is 1. The number of sulfonamides is 1. The maximum Gasteiger partial charge on any atom is 0.264 e. The first-order valence-electron chi connectivity index (χ1n) is 9.38. The molecule has 11 heteroatoms. The van der Waals surface area contributed by atoms with Crippen molar-refractivity contribution in [1.82, 2.24) is 10.2 Å². The number of ether oxygens (including phenoxy) is 1. The molecule has 0 saturated carbocycles. The van der Waals surface area contributed by atoms with Gasteiger partial charge in [-0.15, -0.1) is 10.2 Å². The molecule has 0 aliphatic carbocycles. The van der Waals surface area contributed by atoms with E-state index in [1.807, 2.05) is 6.92 Å². The highest BCUT2D eigenvalue weighted by Crippen LogP contribution is 2.27. The molecule has 0 spiro atoms. The lowest BCUT2D eigenvalue weighted by Gasteiger charge is -2.24. The summed E-state index contributed by atoms with van der Waals surface area (Å²) in [5, 5.41) is 12.0. The molecule has 3 aromatic rings. The summed E-state index contributed by atoms with van der Waals surface area (Å²) in [6, 6.07) is 12.6. The van der Waals surface area contributed by atoms with Crippen LogP contribution in [0, 0.1) is 0 Å². The molecule has 0 fully saturated rings. The Balaban J connectivity index is 1.84. The van der Waals surface area contributed by atoms with Gasteiger partial charge in [-0.25, -0.2) is 8.42 Å². The van der Waals surface area contributed by atoms with Crippen molar-refractivity contribution < 1.29 is 17.9 Å². The summed E-state index contributed by atoms with van der Waals surface area (Å²) in [4.78, 5) is 12.5. The minimum Gasteiger partial charge on any atom is -0.497 e. The van der Waals surface area contributed by atoms with Gasteiger partial charge < -0.3 is 10.1 Å². The number of carbonyl (C=O) groups is 1. The van der Waals surface area contributed by atoms with Crippen molar-refractivity contribution in [2.24, 2.45) is 0 Å². The number of halogens is 1. The van der Waals surface area contributed by atoms with Gasteiger partial charge in [0.2, 0.25) is 11.0 Å². The van der Waals surface area contributed by atoms with Crippen LogP contribution in [0.5, 0.6) is 5.75 Å². The molecule has 8 nitrogen and oxygen atoms in total. The molecule has 0 unspecified atom stereocenters. The van der Waals surface area contributed by atoms with Crippen molar-refractivity contribution in [3.8, 4) is 5.75 Å². The van der Waals surface area contributed by atoms with Crippen molar-refractivity contribution in [2.45, 2.75) is 24.7 Å². The second-order valence-electron chi connectivity index (χ2n) is 6.39. The molecule has 1 amide bonds. The van der Waals surface area contributed by atoms with Crippen LogP contribution in [0.4, 0.5) is 10.8 Å². The number of anilines is 2. The van der Waals surface area contributed by atoms with Gasteiger partial charge in [0.1, 0.15) is 10.8 Å². The Morgan fingerprint density at radius 2 is 1.94 bits per heavy atom. The maximum atomic E-state index is 13.3. The fraction of sp³-hybridized carbons (Fsp3) is 0.250. The summed E-state index contributed by atoms with van der Waals surface area (Å²) in [5.74, 6) is 0.225. The highest BCUT2D eigenvalue weighted by Gasteiger charge is 2.26. The van der Waals surface area contributed by atoms with Gasteiger partial charge in [-0.3, -0.25) is 9.10 Å². The Morgan fingerprint density at radius 3 is 2.55 bits per heavy atom. The number of nitrogens with zero attached hydrogens (tertiary/aromatic N) is 3. The number of benzene rings is 2. The number of hydrogen-bond donors (Lipinski definition) is 1. The van der Waals surface area contributed by atoms with E-state index in [0.717, 1.165) is 11.4 Å². The third kappa shape index (κ3) is 5.72.